The molecule has 0 aromatic heterocycles. The number of nitrogens with zero attached hydrogens (tertiary/aromatic N) is 1. The Labute approximate surface area is 137 Å². The first kappa shape index (κ1) is 15.9. The van der Waals surface area contributed by atoms with Crippen molar-refractivity contribution in [2.75, 3.05) is 0 Å². The average Bonchev–Trinajstić information content (AvgIpc) is 2.45. The zero-order chi connectivity index (χ0) is 15.4. The van der Waals surface area contributed by atoms with Gasteiger partial charge in [0.1, 0.15) is 18.2 Å². The van der Waals surface area contributed by atoms with E-state index >= 15 is 0 Å². The highest BCUT2D eigenvalue weighted by Crippen LogP contribution is 2.31. The number of nitro benzene ring substituents is 1. The monoisotopic (exact) mass is 417 g/mol. The van der Waals surface area contributed by atoms with Crippen LogP contribution in [-0.4, -0.2) is 4.92 Å². The summed E-state index contributed by atoms with van der Waals surface area (Å²) < 4.78 is 19.8. The Morgan fingerprint density at radius 2 is 2.05 bits per heavy atom. The molecule has 0 saturated carbocycles. The second-order valence-corrected chi connectivity index (χ2v) is 5.64. The van der Waals surface area contributed by atoms with Crippen molar-refractivity contribution in [2.45, 2.75) is 11.9 Å². The molecule has 0 aliphatic rings. The molecular formula is C14H10Br2FNO3. The summed E-state index contributed by atoms with van der Waals surface area (Å²) in [4.78, 5) is 10.1. The molecule has 0 atom stereocenters. The van der Waals surface area contributed by atoms with Crippen LogP contribution in [0.1, 0.15) is 11.1 Å². The highest BCUT2D eigenvalue weighted by Gasteiger charge is 2.12. The van der Waals surface area contributed by atoms with E-state index in [9.17, 15) is 14.5 Å². The van der Waals surface area contributed by atoms with Crippen LogP contribution >= 0.6 is 31.9 Å². The number of para-hydroxylation sites is 1. The molecule has 2 aromatic rings. The largest absolute Gasteiger partial charge is 0.487 e. The lowest BCUT2D eigenvalue weighted by atomic mass is 10.2. The predicted molar refractivity (Wildman–Crippen MR) is 84.2 cm³/mol. The lowest BCUT2D eigenvalue weighted by molar-refractivity contribution is -0.385. The van der Waals surface area contributed by atoms with Crippen LogP contribution in [0.15, 0.2) is 40.9 Å². The standard InChI is InChI=1S/C14H10Br2FNO3/c15-7-10-2-1-3-13(16)14(10)21-8-9-4-11(17)6-12(5-9)18(19)20/h1-6H,7-8H2. The van der Waals surface area contributed by atoms with Crippen molar-refractivity contribution >= 4 is 37.5 Å². The molecule has 21 heavy (non-hydrogen) atoms. The average molecular weight is 419 g/mol. The summed E-state index contributed by atoms with van der Waals surface area (Å²) in [5.74, 6) is -0.0306. The Balaban J connectivity index is 2.23. The molecule has 0 radical (unpaired) electrons. The van der Waals surface area contributed by atoms with E-state index in [1.807, 2.05) is 18.2 Å². The third-order valence-electron chi connectivity index (χ3n) is 2.73. The van der Waals surface area contributed by atoms with E-state index in [0.717, 1.165) is 16.1 Å². The molecule has 2 aromatic carbocycles. The summed E-state index contributed by atoms with van der Waals surface area (Å²) in [6, 6.07) is 9.00. The zero-order valence-electron chi connectivity index (χ0n) is 10.7. The van der Waals surface area contributed by atoms with E-state index in [4.69, 9.17) is 4.74 Å². The van der Waals surface area contributed by atoms with E-state index in [2.05, 4.69) is 31.9 Å². The van der Waals surface area contributed by atoms with Gasteiger partial charge in [0, 0.05) is 17.0 Å². The SMILES string of the molecule is O=[N+]([O-])c1cc(F)cc(COc2c(Br)cccc2CBr)c1. The molecule has 7 heteroatoms. The van der Waals surface area contributed by atoms with Crippen molar-refractivity contribution in [3.05, 3.63) is 67.9 Å². The fraction of sp³-hybridized carbons (Fsp3) is 0.143. The van der Waals surface area contributed by atoms with Gasteiger partial charge >= 0.3 is 0 Å². The summed E-state index contributed by atoms with van der Waals surface area (Å²) in [5, 5.41) is 11.3. The van der Waals surface area contributed by atoms with E-state index in [1.165, 1.54) is 12.1 Å². The fourth-order valence-electron chi connectivity index (χ4n) is 1.80. The van der Waals surface area contributed by atoms with E-state index < -0.39 is 10.7 Å². The summed E-state index contributed by atoms with van der Waals surface area (Å²) in [7, 11) is 0. The lowest BCUT2D eigenvalue weighted by Gasteiger charge is -2.12. The van der Waals surface area contributed by atoms with Crippen LogP contribution in [0.3, 0.4) is 0 Å². The molecule has 0 fully saturated rings. The van der Waals surface area contributed by atoms with Gasteiger partial charge in [0.15, 0.2) is 0 Å². The summed E-state index contributed by atoms with van der Waals surface area (Å²) in [5.41, 5.74) is 1.04. The Morgan fingerprint density at radius 3 is 2.71 bits per heavy atom. The van der Waals surface area contributed by atoms with Gasteiger partial charge in [-0.25, -0.2) is 4.39 Å². The molecule has 4 nitrogen and oxygen atoms in total. The van der Waals surface area contributed by atoms with Gasteiger partial charge in [-0.2, -0.15) is 0 Å². The van der Waals surface area contributed by atoms with Crippen LogP contribution < -0.4 is 4.74 Å². The lowest BCUT2D eigenvalue weighted by Crippen LogP contribution is -2.00. The first-order chi connectivity index (χ1) is 10.0. The zero-order valence-corrected chi connectivity index (χ0v) is 13.9. The quantitative estimate of drug-likeness (QED) is 0.391. The van der Waals surface area contributed by atoms with Gasteiger partial charge in [-0.05, 0) is 33.6 Å². The molecule has 0 amide bonds. The fourth-order valence-corrected chi connectivity index (χ4v) is 2.76. The third kappa shape index (κ3) is 4.01. The maximum Gasteiger partial charge on any atom is 0.272 e. The highest BCUT2D eigenvalue weighted by atomic mass is 79.9. The molecule has 0 aliphatic carbocycles. The molecule has 110 valence electrons. The number of halogens is 3. The normalized spacial score (nSPS) is 10.4. The van der Waals surface area contributed by atoms with Gasteiger partial charge < -0.3 is 4.74 Å². The van der Waals surface area contributed by atoms with Crippen LogP contribution in [-0.2, 0) is 11.9 Å². The highest BCUT2D eigenvalue weighted by molar-refractivity contribution is 9.10. The Kier molecular flexibility index (Phi) is 5.30. The van der Waals surface area contributed by atoms with Crippen molar-refractivity contribution in [1.29, 1.82) is 0 Å². The summed E-state index contributed by atoms with van der Waals surface area (Å²) >= 11 is 6.75. The molecular weight excluding hydrogens is 409 g/mol. The number of hydrogen-bond acceptors (Lipinski definition) is 3. The van der Waals surface area contributed by atoms with Crippen LogP contribution in [0, 0.1) is 15.9 Å². The minimum Gasteiger partial charge on any atom is -0.487 e. The Bertz CT molecular complexity index is 679. The van der Waals surface area contributed by atoms with Crippen molar-refractivity contribution in [3.8, 4) is 5.75 Å². The van der Waals surface area contributed by atoms with Crippen LogP contribution in [0.4, 0.5) is 10.1 Å². The number of benzene rings is 2. The summed E-state index contributed by atoms with van der Waals surface area (Å²) in [6.07, 6.45) is 0. The van der Waals surface area contributed by atoms with Gasteiger partial charge in [0.25, 0.3) is 5.69 Å². The van der Waals surface area contributed by atoms with Crippen molar-refractivity contribution in [3.63, 3.8) is 0 Å². The molecule has 0 saturated heterocycles. The summed E-state index contributed by atoms with van der Waals surface area (Å²) in [6.45, 7) is 0.0429. The molecule has 0 aliphatic heterocycles. The second-order valence-electron chi connectivity index (χ2n) is 4.23. The molecule has 2 rings (SSSR count). The van der Waals surface area contributed by atoms with E-state index in [-0.39, 0.29) is 12.3 Å². The molecule has 0 bridgehead atoms. The van der Waals surface area contributed by atoms with E-state index in [0.29, 0.717) is 16.6 Å². The number of non-ortho nitro benzene ring substituents is 1. The molecule has 0 unspecified atom stereocenters. The number of hydrogen-bond donors (Lipinski definition) is 0. The second kappa shape index (κ2) is 7.00. The van der Waals surface area contributed by atoms with Crippen molar-refractivity contribution < 1.29 is 14.1 Å². The van der Waals surface area contributed by atoms with Gasteiger partial charge in [-0.1, -0.05) is 28.1 Å². The maximum atomic E-state index is 13.4. The Hall–Kier alpha value is -1.47. The molecule has 0 N–H and O–H groups in total. The number of rotatable bonds is 5. The minimum absolute atomic E-state index is 0.0429. The van der Waals surface area contributed by atoms with Gasteiger partial charge in [0.2, 0.25) is 0 Å². The number of alkyl halides is 1. The van der Waals surface area contributed by atoms with Crippen LogP contribution in [0.25, 0.3) is 0 Å². The predicted octanol–water partition coefficient (Wildman–Crippen LogP) is 4.97. The maximum absolute atomic E-state index is 13.4. The van der Waals surface area contributed by atoms with Crippen molar-refractivity contribution in [2.24, 2.45) is 0 Å². The van der Waals surface area contributed by atoms with Gasteiger partial charge in [0.05, 0.1) is 15.5 Å². The Morgan fingerprint density at radius 1 is 1.29 bits per heavy atom. The number of nitro groups is 1. The van der Waals surface area contributed by atoms with Crippen molar-refractivity contribution in [1.82, 2.24) is 0 Å². The first-order valence-electron chi connectivity index (χ1n) is 5.91. The van der Waals surface area contributed by atoms with Crippen LogP contribution in [0.5, 0.6) is 5.75 Å². The van der Waals surface area contributed by atoms with Crippen LogP contribution in [0.2, 0.25) is 0 Å². The van der Waals surface area contributed by atoms with E-state index in [1.54, 1.807) is 0 Å². The minimum atomic E-state index is -0.657. The van der Waals surface area contributed by atoms with Gasteiger partial charge in [-0.3, -0.25) is 10.1 Å². The first-order valence-corrected chi connectivity index (χ1v) is 7.82. The smallest absolute Gasteiger partial charge is 0.272 e. The molecule has 0 spiro atoms. The third-order valence-corrected chi connectivity index (χ3v) is 3.96. The topological polar surface area (TPSA) is 52.4 Å². The number of ether oxygens (including phenoxy) is 1. The van der Waals surface area contributed by atoms with Gasteiger partial charge in [-0.15, -0.1) is 0 Å². The molecule has 0 heterocycles.